The van der Waals surface area contributed by atoms with Crippen LogP contribution in [0.15, 0.2) is 0 Å². The zero-order valence-electron chi connectivity index (χ0n) is 20.3. The molecule has 0 aliphatic heterocycles. The second kappa shape index (κ2) is 32.8. The highest BCUT2D eigenvalue weighted by atomic mass is 32.3. The highest BCUT2D eigenvalue weighted by Gasteiger charge is 2.06. The molecule has 0 saturated carbocycles. The van der Waals surface area contributed by atoms with Crippen molar-refractivity contribution in [1.29, 1.82) is 0 Å². The third-order valence-electron chi connectivity index (χ3n) is 3.10. The van der Waals surface area contributed by atoms with Crippen molar-refractivity contribution < 1.29 is 24.0 Å². The summed E-state index contributed by atoms with van der Waals surface area (Å²) in [6.07, 6.45) is 0.986. The van der Waals surface area contributed by atoms with Crippen molar-refractivity contribution in [3.8, 4) is 0 Å². The molecule has 0 spiro atoms. The van der Waals surface area contributed by atoms with Crippen molar-refractivity contribution in [1.82, 2.24) is 0 Å². The van der Waals surface area contributed by atoms with Crippen LogP contribution in [0.4, 0.5) is 0 Å². The van der Waals surface area contributed by atoms with Crippen LogP contribution >= 0.6 is 129 Å². The summed E-state index contributed by atoms with van der Waals surface area (Å²) in [4.78, 5) is 23.6. The van der Waals surface area contributed by atoms with Crippen LogP contribution in [0.2, 0.25) is 0 Å². The molecular formula is C19H36O5S12. The van der Waals surface area contributed by atoms with E-state index in [4.69, 9.17) is 9.84 Å². The predicted molar refractivity (Wildman–Crippen MR) is 188 cm³/mol. The molecule has 0 amide bonds. The maximum Gasteiger partial charge on any atom is 0.316 e. The van der Waals surface area contributed by atoms with Crippen LogP contribution in [-0.2, 0) is 25.5 Å². The van der Waals surface area contributed by atoms with E-state index in [1.165, 1.54) is 11.8 Å². The summed E-state index contributed by atoms with van der Waals surface area (Å²) < 4.78 is 16.7. The van der Waals surface area contributed by atoms with E-state index in [1.807, 2.05) is 23.5 Å². The normalized spacial score (nSPS) is 12.1. The second-order valence-corrected chi connectivity index (χ2v) is 21.9. The van der Waals surface area contributed by atoms with Gasteiger partial charge in [0.15, 0.2) is 10.2 Å². The Bertz CT molecular complexity index is 509. The van der Waals surface area contributed by atoms with E-state index >= 15 is 0 Å². The third kappa shape index (κ3) is 31.8. The SMILES string of the molecule is CCC[S+]([O-])CSCSCSCSCSC(=O)CSCSCSCSCC(=O)OCSCSCCO. The average Bonchev–Trinajstić information content (AvgIpc) is 2.86. The van der Waals surface area contributed by atoms with E-state index < -0.39 is 11.2 Å². The number of hydrogen-bond acceptors (Lipinski definition) is 16. The lowest BCUT2D eigenvalue weighted by atomic mass is 10.6. The average molecular weight is 729 g/mol. The van der Waals surface area contributed by atoms with E-state index in [1.54, 1.807) is 94.1 Å². The number of hydrogen-bond donors (Lipinski definition) is 1. The number of thioether (sulfide) groups is 11. The molecule has 1 atom stereocenters. The zero-order valence-corrected chi connectivity index (χ0v) is 30.1. The molecule has 1 N–H and O–H groups in total. The third-order valence-corrected chi connectivity index (χ3v) is 18.5. The number of aliphatic hydroxyl groups excluding tert-OH is 1. The molecule has 0 heterocycles. The van der Waals surface area contributed by atoms with Gasteiger partial charge in [-0.15, -0.1) is 106 Å². The van der Waals surface area contributed by atoms with E-state index in [0.717, 1.165) is 57.9 Å². The lowest BCUT2D eigenvalue weighted by Crippen LogP contribution is -2.07. The first-order valence-electron chi connectivity index (χ1n) is 10.6. The van der Waals surface area contributed by atoms with Crippen molar-refractivity contribution in [2.45, 2.75) is 13.3 Å². The molecule has 0 radical (unpaired) electrons. The number of rotatable bonds is 28. The van der Waals surface area contributed by atoms with Gasteiger partial charge in [-0.05, 0) is 17.6 Å². The number of carbonyl (C=O) groups is 2. The smallest absolute Gasteiger partial charge is 0.316 e. The Balaban J connectivity index is 3.27. The minimum absolute atomic E-state index is 0.179. The van der Waals surface area contributed by atoms with Gasteiger partial charge in [-0.2, -0.15) is 0 Å². The zero-order chi connectivity index (χ0) is 26.5. The molecule has 0 aliphatic carbocycles. The van der Waals surface area contributed by atoms with Crippen LogP contribution < -0.4 is 0 Å². The molecule has 0 saturated heterocycles. The molecule has 0 fully saturated rings. The number of ether oxygens (including phenoxy) is 1. The highest BCUT2D eigenvalue weighted by Crippen LogP contribution is 2.25. The van der Waals surface area contributed by atoms with Crippen molar-refractivity contribution in [2.24, 2.45) is 0 Å². The van der Waals surface area contributed by atoms with Gasteiger partial charge in [-0.3, -0.25) is 9.59 Å². The second-order valence-electron chi connectivity index (χ2n) is 6.11. The van der Waals surface area contributed by atoms with Gasteiger partial charge < -0.3 is 14.4 Å². The maximum absolute atomic E-state index is 11.9. The summed E-state index contributed by atoms with van der Waals surface area (Å²) in [7, 11) is 0. The molecule has 0 aromatic heterocycles. The van der Waals surface area contributed by atoms with Gasteiger partial charge in [0.1, 0.15) is 11.7 Å². The quantitative estimate of drug-likeness (QED) is 0.0394. The number of esters is 1. The minimum atomic E-state index is -0.666. The highest BCUT2D eigenvalue weighted by molar-refractivity contribution is 8.31. The molecule has 5 nitrogen and oxygen atoms in total. The first-order chi connectivity index (χ1) is 17.6. The minimum Gasteiger partial charge on any atom is -0.616 e. The summed E-state index contributed by atoms with van der Waals surface area (Å²) in [5.41, 5.74) is 0. The Morgan fingerprint density at radius 1 is 0.750 bits per heavy atom. The van der Waals surface area contributed by atoms with Crippen molar-refractivity contribution >= 4 is 152 Å². The largest absolute Gasteiger partial charge is 0.616 e. The molecule has 0 aromatic carbocycles. The van der Waals surface area contributed by atoms with Gasteiger partial charge in [-0.1, -0.05) is 30.4 Å². The topological polar surface area (TPSA) is 86.7 Å². The predicted octanol–water partition coefficient (Wildman–Crippen LogP) is 6.85. The molecule has 0 bridgehead atoms. The lowest BCUT2D eigenvalue weighted by Gasteiger charge is -2.08. The van der Waals surface area contributed by atoms with Gasteiger partial charge in [0.2, 0.25) is 0 Å². The van der Waals surface area contributed by atoms with Gasteiger partial charge in [0.25, 0.3) is 0 Å². The molecular weight excluding hydrogens is 693 g/mol. The van der Waals surface area contributed by atoms with Crippen LogP contribution in [0.25, 0.3) is 0 Å². The van der Waals surface area contributed by atoms with Crippen LogP contribution in [0.5, 0.6) is 0 Å². The molecule has 214 valence electrons. The maximum atomic E-state index is 11.9. The van der Waals surface area contributed by atoms with Gasteiger partial charge in [0.05, 0.1) is 18.1 Å². The Morgan fingerprint density at radius 2 is 1.31 bits per heavy atom. The molecule has 0 rings (SSSR count). The lowest BCUT2D eigenvalue weighted by molar-refractivity contribution is -0.138. The summed E-state index contributed by atoms with van der Waals surface area (Å²) in [5.74, 6) is 2.64. The number of carbonyl (C=O) groups excluding carboxylic acids is 2. The summed E-state index contributed by atoms with van der Waals surface area (Å²) in [6, 6.07) is 0. The summed E-state index contributed by atoms with van der Waals surface area (Å²) >= 11 is 18.1. The fourth-order valence-electron chi connectivity index (χ4n) is 1.70. The first kappa shape index (κ1) is 39.3. The van der Waals surface area contributed by atoms with Crippen molar-refractivity contribution in [3.05, 3.63) is 0 Å². The summed E-state index contributed by atoms with van der Waals surface area (Å²) in [6.45, 7) is 2.24. The van der Waals surface area contributed by atoms with Crippen molar-refractivity contribution in [3.63, 3.8) is 0 Å². The number of aliphatic hydroxyl groups is 1. The Morgan fingerprint density at radius 3 is 1.94 bits per heavy atom. The molecule has 0 aliphatic rings. The fraction of sp³-hybridized carbons (Fsp3) is 0.895. The Labute approximate surface area is 267 Å². The standard InChI is InChI=1S/C19H36O5S12/c1-2-5-36(23)17-34-15-32-13-31-14-33-16-35-19(22)7-27-11-30-12-29-10-26-6-18(21)24-8-28-9-25-4-3-20/h20H,2-17H2,1H3. The van der Waals surface area contributed by atoms with Crippen LogP contribution in [-0.4, -0.2) is 102 Å². The molecule has 17 heteroatoms. The summed E-state index contributed by atoms with van der Waals surface area (Å²) in [5, 5.41) is 17.1. The fourth-order valence-corrected chi connectivity index (χ4v) is 15.6. The van der Waals surface area contributed by atoms with Gasteiger partial charge in [0, 0.05) is 46.4 Å². The van der Waals surface area contributed by atoms with E-state index in [9.17, 15) is 14.1 Å². The molecule has 36 heavy (non-hydrogen) atoms. The Kier molecular flexibility index (Phi) is 35.7. The molecule has 0 aromatic rings. The van der Waals surface area contributed by atoms with E-state index in [0.29, 0.717) is 23.2 Å². The van der Waals surface area contributed by atoms with Crippen LogP contribution in [0, 0.1) is 0 Å². The van der Waals surface area contributed by atoms with E-state index in [-0.39, 0.29) is 17.7 Å². The van der Waals surface area contributed by atoms with Gasteiger partial charge in [-0.25, -0.2) is 0 Å². The van der Waals surface area contributed by atoms with Crippen LogP contribution in [0.3, 0.4) is 0 Å². The Hall–Kier alpha value is 3.26. The molecule has 1 unspecified atom stereocenters. The van der Waals surface area contributed by atoms with E-state index in [2.05, 4.69) is 6.92 Å². The first-order valence-corrected chi connectivity index (χ1v) is 24.7. The van der Waals surface area contributed by atoms with Crippen LogP contribution in [0.1, 0.15) is 13.3 Å². The monoisotopic (exact) mass is 728 g/mol. The van der Waals surface area contributed by atoms with Gasteiger partial charge >= 0.3 is 5.97 Å². The van der Waals surface area contributed by atoms with Crippen molar-refractivity contribution in [2.75, 3.05) is 81.3 Å².